The highest BCUT2D eigenvalue weighted by atomic mass is 35.6. The lowest BCUT2D eigenvalue weighted by Crippen LogP contribution is -2.90. The van der Waals surface area contributed by atoms with Crippen LogP contribution in [0.4, 0.5) is 0 Å². The smallest absolute Gasteiger partial charge is 0.149 e. The zero-order chi connectivity index (χ0) is 46.8. The van der Waals surface area contributed by atoms with Crippen LogP contribution in [-0.2, 0) is 0 Å². The van der Waals surface area contributed by atoms with Gasteiger partial charge < -0.3 is 0 Å². The molecule has 0 unspecified atom stereocenters. The average Bonchev–Trinajstić information content (AvgIpc) is 2.94. The predicted molar refractivity (Wildman–Crippen MR) is 311 cm³/mol. The molecule has 3 aromatic carbocycles. The average molecular weight is 987 g/mol. The first-order valence-corrected chi connectivity index (χ1v) is 57.4. The van der Waals surface area contributed by atoms with E-state index in [0.717, 1.165) is 0 Å². The summed E-state index contributed by atoms with van der Waals surface area (Å²) in [4.78, 5) is 0. The first-order valence-electron chi connectivity index (χ1n) is 22.9. The van der Waals surface area contributed by atoms with Crippen LogP contribution in [0.2, 0.25) is 177 Å². The van der Waals surface area contributed by atoms with Gasteiger partial charge in [-0.15, -0.1) is 11.1 Å². The van der Waals surface area contributed by atoms with Crippen LogP contribution in [0.3, 0.4) is 0 Å². The molecule has 0 saturated carbocycles. The Morgan fingerprint density at radius 2 is 0.390 bits per heavy atom. The summed E-state index contributed by atoms with van der Waals surface area (Å²) in [6, 6.07) is 8.32. The number of benzene rings is 3. The molecule has 0 saturated heterocycles. The van der Waals surface area contributed by atoms with Crippen molar-refractivity contribution in [1.29, 1.82) is 0 Å². The van der Waals surface area contributed by atoms with Gasteiger partial charge in [0, 0.05) is 0 Å². The minimum absolute atomic E-state index is 1.56. The van der Waals surface area contributed by atoms with E-state index in [-0.39, 0.29) is 0 Å². The van der Waals surface area contributed by atoms with Gasteiger partial charge in [0.05, 0.1) is 72.7 Å². The molecule has 332 valence electrons. The molecule has 0 fully saturated rings. The highest BCUT2D eigenvalue weighted by Gasteiger charge is 2.55. The topological polar surface area (TPSA) is 0 Å². The number of hydrogen-bond acceptors (Lipinski definition) is 0. The van der Waals surface area contributed by atoms with Crippen LogP contribution in [-0.4, -0.2) is 80.0 Å². The minimum Gasteiger partial charge on any atom is -0.149 e. The molecule has 0 atom stereocenters. The summed E-state index contributed by atoms with van der Waals surface area (Å²) in [6.07, 6.45) is 0. The molecule has 0 nitrogen and oxygen atoms in total. The van der Waals surface area contributed by atoms with Gasteiger partial charge in [0.1, 0.15) is 0 Å². The van der Waals surface area contributed by atoms with E-state index in [1.807, 2.05) is 0 Å². The fraction of sp³-hybridized carbons (Fsp3) is 0.625. The molecular weight excluding hydrogens is 893 g/mol. The molecule has 0 aliphatic rings. The molecule has 0 radical (unpaired) electrons. The van der Waals surface area contributed by atoms with Gasteiger partial charge in [-0.25, -0.2) is 0 Å². The van der Waals surface area contributed by atoms with Crippen molar-refractivity contribution in [3.8, 4) is 0 Å². The van der Waals surface area contributed by atoms with E-state index in [1.54, 1.807) is 78.9 Å². The van der Waals surface area contributed by atoms with Gasteiger partial charge in [0.2, 0.25) is 7.38 Å². The fourth-order valence-electron chi connectivity index (χ4n) is 10.8. The van der Waals surface area contributed by atoms with Gasteiger partial charge in [-0.2, -0.15) is 0 Å². The maximum atomic E-state index is 10.1. The first kappa shape index (κ1) is 53.5. The molecule has 0 aliphatic heterocycles. The Morgan fingerprint density at radius 3 is 0.508 bits per heavy atom. The fourth-order valence-corrected chi connectivity index (χ4v) is 51.6. The Balaban J connectivity index is 3.45. The van der Waals surface area contributed by atoms with Gasteiger partial charge in [-0.05, 0) is 36.3 Å². The monoisotopic (exact) mass is 984 g/mol. The Hall–Kier alpha value is 0.119. The second-order valence-corrected chi connectivity index (χ2v) is 77.6. The Morgan fingerprint density at radius 1 is 0.237 bits per heavy atom. The molecule has 3 aromatic rings. The van der Waals surface area contributed by atoms with E-state index in [9.17, 15) is 11.1 Å². The maximum absolute atomic E-state index is 10.1. The number of halogens is 1. The summed E-state index contributed by atoms with van der Waals surface area (Å²) in [5, 5.41) is 20.8. The lowest BCUT2D eigenvalue weighted by Gasteiger charge is -2.48. The molecule has 0 aliphatic carbocycles. The van der Waals surface area contributed by atoms with Crippen molar-refractivity contribution < 1.29 is 0 Å². The van der Waals surface area contributed by atoms with Crippen molar-refractivity contribution in [3.63, 3.8) is 0 Å². The summed E-state index contributed by atoms with van der Waals surface area (Å²) in [6.45, 7) is 79.4. The standard InChI is InChI=1S/C48H93ClSi10/c1-34-31-37(50(4,5)6)43(46(56(22,23)24)40(34)53(13,14)15)59(49,44-38(51(7,8)9)32-35(2)41(54(16,17)18)47(44)57(25,26)27)45-39(52(10,11)12)33-36(3)42(55(19,20)21)48(45)58(28,29)30/h31-33H,1-30H3. The quantitative estimate of drug-likeness (QED) is 0.0969. The molecule has 11 heteroatoms. The number of hydrogen-bond donors (Lipinski definition) is 0. The summed E-state index contributed by atoms with van der Waals surface area (Å²) in [7, 11) is -21.2. The summed E-state index contributed by atoms with van der Waals surface area (Å²) < 4.78 is 0. The lowest BCUT2D eigenvalue weighted by atomic mass is 10.2. The molecule has 59 heavy (non-hydrogen) atoms. The van der Waals surface area contributed by atoms with E-state index >= 15 is 0 Å². The molecule has 0 N–H and O–H groups in total. The second-order valence-electron chi connectivity index (χ2n) is 28.0. The Bertz CT molecular complexity index is 1860. The number of rotatable bonds is 12. The molecule has 0 amide bonds. The normalized spacial score (nSPS) is 14.7. The van der Waals surface area contributed by atoms with Gasteiger partial charge in [0.25, 0.3) is 0 Å². The molecular formula is C48H93ClSi10. The van der Waals surface area contributed by atoms with Crippen molar-refractivity contribution in [3.05, 3.63) is 34.9 Å². The van der Waals surface area contributed by atoms with Gasteiger partial charge >= 0.3 is 0 Å². The second kappa shape index (κ2) is 16.2. The van der Waals surface area contributed by atoms with E-state index in [0.29, 0.717) is 0 Å². The van der Waals surface area contributed by atoms with Crippen molar-refractivity contribution in [1.82, 2.24) is 0 Å². The van der Waals surface area contributed by atoms with Crippen LogP contribution in [0.25, 0.3) is 0 Å². The van der Waals surface area contributed by atoms with Crippen molar-refractivity contribution in [2.75, 3.05) is 0 Å². The molecule has 3 rings (SSSR count). The van der Waals surface area contributed by atoms with Crippen molar-refractivity contribution in [2.45, 2.75) is 198 Å². The van der Waals surface area contributed by atoms with E-state index in [4.69, 9.17) is 0 Å². The predicted octanol–water partition coefficient (Wildman–Crippen LogP) is 8.72. The summed E-state index contributed by atoms with van der Waals surface area (Å²) in [5.41, 5.74) is 4.67. The van der Waals surface area contributed by atoms with Crippen LogP contribution >= 0.6 is 11.1 Å². The minimum atomic E-state index is -3.46. The molecule has 0 aromatic heterocycles. The van der Waals surface area contributed by atoms with E-state index in [1.165, 1.54) is 0 Å². The zero-order valence-electron chi connectivity index (χ0n) is 44.6. The first-order chi connectivity index (χ1) is 25.6. The largest absolute Gasteiger partial charge is 0.247 e. The van der Waals surface area contributed by atoms with Gasteiger partial charge in [0.15, 0.2) is 0 Å². The van der Waals surface area contributed by atoms with Crippen molar-refractivity contribution >= 4 is 153 Å². The third kappa shape index (κ3) is 10.5. The van der Waals surface area contributed by atoms with Crippen LogP contribution in [0.15, 0.2) is 18.2 Å². The third-order valence-electron chi connectivity index (χ3n) is 12.5. The highest BCUT2D eigenvalue weighted by Crippen LogP contribution is 2.23. The van der Waals surface area contributed by atoms with E-state index < -0.39 is 80.0 Å². The van der Waals surface area contributed by atoms with Crippen LogP contribution in [0.5, 0.6) is 0 Å². The van der Waals surface area contributed by atoms with Crippen LogP contribution in [0, 0.1) is 20.8 Å². The molecule has 0 bridgehead atoms. The SMILES string of the molecule is Cc1cc([Si](C)(C)C)c([Si](Cl)(c2c([Si](C)(C)C)cc(C)c([Si](C)(C)C)c2[Si](C)(C)C)c2c([Si](C)(C)C)cc(C)c([Si](C)(C)C)c2[Si](C)(C)C)c([Si](C)(C)C)c1[Si](C)(C)C. The van der Waals surface area contributed by atoms with E-state index in [2.05, 4.69) is 216 Å². The summed E-state index contributed by atoms with van der Waals surface area (Å²) in [5.74, 6) is 0. The summed E-state index contributed by atoms with van der Waals surface area (Å²) >= 11 is 10.1. The lowest BCUT2D eigenvalue weighted by molar-refractivity contribution is 1.50. The Labute approximate surface area is 382 Å². The third-order valence-corrected chi connectivity index (χ3v) is 38.6. The van der Waals surface area contributed by atoms with Crippen LogP contribution < -0.4 is 62.2 Å². The molecule has 0 spiro atoms. The number of aryl methyl sites for hydroxylation is 3. The molecule has 0 heterocycles. The maximum Gasteiger partial charge on any atom is 0.247 e. The van der Waals surface area contributed by atoms with Gasteiger partial charge in [-0.3, -0.25) is 0 Å². The highest BCUT2D eigenvalue weighted by molar-refractivity contribution is 7.46. The van der Waals surface area contributed by atoms with Crippen molar-refractivity contribution in [2.24, 2.45) is 0 Å². The Kier molecular flexibility index (Phi) is 14.7. The van der Waals surface area contributed by atoms with Gasteiger partial charge in [-0.1, -0.05) is 258 Å². The zero-order valence-corrected chi connectivity index (χ0v) is 55.4. The van der Waals surface area contributed by atoms with Crippen LogP contribution in [0.1, 0.15) is 16.7 Å².